The number of hydrogen-bond donors (Lipinski definition) is 1. The Labute approximate surface area is 136 Å². The van der Waals surface area contributed by atoms with Gasteiger partial charge in [-0.15, -0.1) is 0 Å². The molecule has 5 nitrogen and oxygen atoms in total. The number of benzene rings is 1. The Balaban J connectivity index is 1.56. The number of hydrogen-bond acceptors (Lipinski definition) is 3. The quantitative estimate of drug-likeness (QED) is 0.862. The summed E-state index contributed by atoms with van der Waals surface area (Å²) in [5.41, 5.74) is 2.16. The van der Waals surface area contributed by atoms with Gasteiger partial charge < -0.3 is 5.32 Å². The topological polar surface area (TPSA) is 66.5 Å². The molecule has 2 fully saturated rings. The van der Waals surface area contributed by atoms with Gasteiger partial charge >= 0.3 is 0 Å². The van der Waals surface area contributed by atoms with E-state index in [2.05, 4.69) is 5.32 Å². The third-order valence-electron chi connectivity index (χ3n) is 4.84. The van der Waals surface area contributed by atoms with E-state index < -0.39 is 0 Å². The highest BCUT2D eigenvalue weighted by Gasteiger charge is 2.48. The van der Waals surface area contributed by atoms with Crippen molar-refractivity contribution in [2.75, 3.05) is 6.54 Å². The zero-order valence-electron chi connectivity index (χ0n) is 13.4. The lowest BCUT2D eigenvalue weighted by Gasteiger charge is -2.19. The van der Waals surface area contributed by atoms with Crippen molar-refractivity contribution < 1.29 is 14.4 Å². The Morgan fingerprint density at radius 2 is 1.65 bits per heavy atom. The van der Waals surface area contributed by atoms with Gasteiger partial charge in [-0.2, -0.15) is 0 Å². The summed E-state index contributed by atoms with van der Waals surface area (Å²) in [6, 6.07) is 7.88. The van der Waals surface area contributed by atoms with Crippen molar-refractivity contribution in [3.05, 3.63) is 35.4 Å². The van der Waals surface area contributed by atoms with Crippen LogP contribution in [0.2, 0.25) is 0 Å². The van der Waals surface area contributed by atoms with Gasteiger partial charge in [0.15, 0.2) is 0 Å². The molecule has 1 aliphatic carbocycles. The number of imide groups is 1. The monoisotopic (exact) mass is 314 g/mol. The van der Waals surface area contributed by atoms with Gasteiger partial charge in [0.05, 0.1) is 11.8 Å². The number of aryl methyl sites for hydroxylation is 1. The summed E-state index contributed by atoms with van der Waals surface area (Å²) < 4.78 is 0. The molecule has 0 bridgehead atoms. The lowest BCUT2D eigenvalue weighted by molar-refractivity contribution is -0.143. The van der Waals surface area contributed by atoms with Crippen LogP contribution in [0.25, 0.3) is 0 Å². The molecule has 1 N–H and O–H groups in total. The second-order valence-corrected chi connectivity index (χ2v) is 6.52. The van der Waals surface area contributed by atoms with Gasteiger partial charge in [-0.05, 0) is 25.3 Å². The van der Waals surface area contributed by atoms with Crippen molar-refractivity contribution in [1.29, 1.82) is 0 Å². The average molecular weight is 314 g/mol. The fourth-order valence-corrected chi connectivity index (χ4v) is 3.49. The number of nitrogens with one attached hydrogen (secondary N) is 1. The predicted octanol–water partition coefficient (Wildman–Crippen LogP) is 1.79. The first kappa shape index (κ1) is 15.7. The molecule has 1 heterocycles. The van der Waals surface area contributed by atoms with Crippen LogP contribution in [0.15, 0.2) is 24.3 Å². The molecule has 2 aliphatic rings. The lowest BCUT2D eigenvalue weighted by Crippen LogP contribution is -2.40. The highest BCUT2D eigenvalue weighted by atomic mass is 16.2. The summed E-state index contributed by atoms with van der Waals surface area (Å²) >= 11 is 0. The largest absolute Gasteiger partial charge is 0.350 e. The Hall–Kier alpha value is -2.17. The molecule has 1 saturated carbocycles. The minimum atomic E-state index is -0.286. The van der Waals surface area contributed by atoms with Crippen LogP contribution < -0.4 is 5.32 Å². The molecule has 3 amide bonds. The molecule has 2 atom stereocenters. The number of likely N-dealkylation sites (tertiary alicyclic amines) is 1. The van der Waals surface area contributed by atoms with Crippen LogP contribution >= 0.6 is 0 Å². The van der Waals surface area contributed by atoms with Crippen molar-refractivity contribution in [2.45, 2.75) is 39.2 Å². The van der Waals surface area contributed by atoms with Crippen molar-refractivity contribution in [3.8, 4) is 0 Å². The predicted molar refractivity (Wildman–Crippen MR) is 85.2 cm³/mol. The van der Waals surface area contributed by atoms with Gasteiger partial charge in [0.1, 0.15) is 6.54 Å². The van der Waals surface area contributed by atoms with E-state index in [-0.39, 0.29) is 36.1 Å². The Bertz CT molecular complexity index is 600. The van der Waals surface area contributed by atoms with Gasteiger partial charge in [-0.25, -0.2) is 0 Å². The number of carbonyl (C=O) groups excluding carboxylic acids is 3. The molecular weight excluding hydrogens is 292 g/mol. The summed E-state index contributed by atoms with van der Waals surface area (Å²) in [5, 5.41) is 2.78. The smallest absolute Gasteiger partial charge is 0.240 e. The summed E-state index contributed by atoms with van der Waals surface area (Å²) in [7, 11) is 0. The van der Waals surface area contributed by atoms with Crippen LogP contribution in [0.1, 0.15) is 36.8 Å². The first-order valence-electron chi connectivity index (χ1n) is 8.24. The van der Waals surface area contributed by atoms with E-state index in [1.807, 2.05) is 31.2 Å². The van der Waals surface area contributed by atoms with Crippen LogP contribution in [-0.2, 0) is 20.9 Å². The van der Waals surface area contributed by atoms with E-state index in [0.717, 1.165) is 41.7 Å². The molecule has 1 aromatic rings. The Morgan fingerprint density at radius 1 is 1.09 bits per heavy atom. The van der Waals surface area contributed by atoms with E-state index in [1.54, 1.807) is 0 Å². The average Bonchev–Trinajstić information content (AvgIpc) is 2.80. The second-order valence-electron chi connectivity index (χ2n) is 6.52. The van der Waals surface area contributed by atoms with Crippen LogP contribution in [0.3, 0.4) is 0 Å². The first-order valence-corrected chi connectivity index (χ1v) is 8.24. The highest BCUT2D eigenvalue weighted by molar-refractivity contribution is 6.07. The molecule has 122 valence electrons. The molecule has 5 heteroatoms. The van der Waals surface area contributed by atoms with Crippen LogP contribution in [0.4, 0.5) is 0 Å². The fourth-order valence-electron chi connectivity index (χ4n) is 3.49. The summed E-state index contributed by atoms with van der Waals surface area (Å²) in [5.74, 6) is -0.997. The minimum Gasteiger partial charge on any atom is -0.350 e. The van der Waals surface area contributed by atoms with Gasteiger partial charge in [0.2, 0.25) is 17.7 Å². The fraction of sp³-hybridized carbons (Fsp3) is 0.500. The van der Waals surface area contributed by atoms with E-state index in [4.69, 9.17) is 0 Å². The number of carbonyl (C=O) groups is 3. The van der Waals surface area contributed by atoms with Crippen LogP contribution in [0, 0.1) is 18.8 Å². The van der Waals surface area contributed by atoms with Crippen molar-refractivity contribution in [1.82, 2.24) is 10.2 Å². The molecule has 1 aromatic carbocycles. The molecule has 2 unspecified atom stereocenters. The third-order valence-corrected chi connectivity index (χ3v) is 4.84. The maximum Gasteiger partial charge on any atom is 0.240 e. The maximum atomic E-state index is 12.3. The Morgan fingerprint density at radius 3 is 2.22 bits per heavy atom. The van der Waals surface area contributed by atoms with E-state index in [9.17, 15) is 14.4 Å². The molecule has 1 saturated heterocycles. The van der Waals surface area contributed by atoms with Crippen molar-refractivity contribution >= 4 is 17.7 Å². The van der Waals surface area contributed by atoms with Crippen LogP contribution in [0.5, 0.6) is 0 Å². The zero-order chi connectivity index (χ0) is 16.4. The number of amides is 3. The zero-order valence-corrected chi connectivity index (χ0v) is 13.4. The second kappa shape index (κ2) is 6.52. The minimum absolute atomic E-state index is 0.156. The maximum absolute atomic E-state index is 12.3. The summed E-state index contributed by atoms with van der Waals surface area (Å²) in [6.45, 7) is 2.26. The standard InChI is InChI=1S/C18H22N2O3/c1-12-6-8-13(9-7-12)10-19-16(21)11-20-17(22)14-4-2-3-5-15(14)18(20)23/h6-9,14-15H,2-5,10-11H2,1H3,(H,19,21). The van der Waals surface area contributed by atoms with Crippen molar-refractivity contribution in [3.63, 3.8) is 0 Å². The number of fused-ring (bicyclic) bond motifs is 1. The molecule has 3 rings (SSSR count). The number of rotatable bonds is 4. The van der Waals surface area contributed by atoms with Gasteiger partial charge in [-0.3, -0.25) is 19.3 Å². The van der Waals surface area contributed by atoms with Crippen molar-refractivity contribution in [2.24, 2.45) is 11.8 Å². The normalized spacial score (nSPS) is 23.8. The van der Waals surface area contributed by atoms with Gasteiger partial charge in [-0.1, -0.05) is 42.7 Å². The number of nitrogens with zero attached hydrogens (tertiary/aromatic N) is 1. The van der Waals surface area contributed by atoms with Crippen LogP contribution in [-0.4, -0.2) is 29.2 Å². The molecule has 23 heavy (non-hydrogen) atoms. The lowest BCUT2D eigenvalue weighted by atomic mass is 9.81. The SMILES string of the molecule is Cc1ccc(CNC(=O)CN2C(=O)C3CCCCC3C2=O)cc1. The molecule has 0 aromatic heterocycles. The molecule has 0 spiro atoms. The molecule has 0 radical (unpaired) electrons. The molecular formula is C18H22N2O3. The van der Waals surface area contributed by atoms with E-state index >= 15 is 0 Å². The Kier molecular flexibility index (Phi) is 4.46. The first-order chi connectivity index (χ1) is 11.1. The van der Waals surface area contributed by atoms with E-state index in [1.165, 1.54) is 0 Å². The highest BCUT2D eigenvalue weighted by Crippen LogP contribution is 2.37. The van der Waals surface area contributed by atoms with Gasteiger partial charge in [0.25, 0.3) is 0 Å². The van der Waals surface area contributed by atoms with E-state index in [0.29, 0.717) is 6.54 Å². The van der Waals surface area contributed by atoms with Gasteiger partial charge in [0, 0.05) is 6.54 Å². The molecule has 1 aliphatic heterocycles. The summed E-state index contributed by atoms with van der Waals surface area (Å²) in [6.07, 6.45) is 3.54. The summed E-state index contributed by atoms with van der Waals surface area (Å²) in [4.78, 5) is 37.9. The third kappa shape index (κ3) is 3.28.